The van der Waals surface area contributed by atoms with E-state index in [9.17, 15) is 9.59 Å². The smallest absolute Gasteiger partial charge is 0.410 e. The highest BCUT2D eigenvalue weighted by molar-refractivity contribution is 5.73. The molecule has 0 aromatic heterocycles. The minimum Gasteiger partial charge on any atom is -0.436 e. The average Bonchev–Trinajstić information content (AvgIpc) is 2.19. The van der Waals surface area contributed by atoms with E-state index in [1.165, 1.54) is 0 Å². The fraction of sp³-hybridized carbons (Fsp3) is 0.778. The van der Waals surface area contributed by atoms with Crippen LogP contribution in [0.15, 0.2) is 0 Å². The van der Waals surface area contributed by atoms with Gasteiger partial charge < -0.3 is 15.0 Å². The highest BCUT2D eigenvalue weighted by Crippen LogP contribution is 2.08. The molecule has 0 radical (unpaired) electrons. The van der Waals surface area contributed by atoms with E-state index in [0.717, 1.165) is 13.1 Å². The normalized spacial score (nSPS) is 17.7. The molecule has 1 heterocycles. The molecule has 80 valence electrons. The van der Waals surface area contributed by atoms with Gasteiger partial charge in [-0.1, -0.05) is 0 Å². The van der Waals surface area contributed by atoms with Crippen molar-refractivity contribution in [2.75, 3.05) is 26.2 Å². The van der Waals surface area contributed by atoms with Gasteiger partial charge in [0.15, 0.2) is 11.9 Å². The van der Waals surface area contributed by atoms with Crippen LogP contribution in [0.1, 0.15) is 13.8 Å². The first-order valence-corrected chi connectivity index (χ1v) is 4.70. The number of amides is 1. The molecule has 1 aliphatic heterocycles. The van der Waals surface area contributed by atoms with E-state index in [0.29, 0.717) is 19.4 Å². The molecular weight excluding hydrogens is 184 g/mol. The van der Waals surface area contributed by atoms with Crippen molar-refractivity contribution < 1.29 is 14.3 Å². The predicted octanol–water partition coefficient (Wildman–Crippen LogP) is 0.00570. The van der Waals surface area contributed by atoms with E-state index in [1.54, 1.807) is 18.7 Å². The van der Waals surface area contributed by atoms with Crippen LogP contribution in [-0.4, -0.2) is 49.1 Å². The van der Waals surface area contributed by atoms with Crippen LogP contribution in [0.5, 0.6) is 0 Å². The molecule has 0 atom stereocenters. The molecule has 14 heavy (non-hydrogen) atoms. The molecule has 0 spiro atoms. The molecule has 0 aliphatic carbocycles. The summed E-state index contributed by atoms with van der Waals surface area (Å²) in [7, 11) is 0. The zero-order valence-electron chi connectivity index (χ0n) is 8.58. The summed E-state index contributed by atoms with van der Waals surface area (Å²) in [6.07, 6.45) is 0.219. The molecule has 5 heteroatoms. The van der Waals surface area contributed by atoms with Gasteiger partial charge in [-0.3, -0.25) is 4.79 Å². The maximum atomic E-state index is 11.5. The highest BCUT2D eigenvalue weighted by Gasteiger charge is 2.26. The second-order valence-corrected chi connectivity index (χ2v) is 3.83. The summed E-state index contributed by atoms with van der Waals surface area (Å²) in [5.41, 5.74) is -1.03. The second kappa shape index (κ2) is 4.41. The van der Waals surface area contributed by atoms with Crippen LogP contribution in [0.25, 0.3) is 0 Å². The first kappa shape index (κ1) is 11.0. The van der Waals surface area contributed by atoms with Crippen LogP contribution < -0.4 is 5.32 Å². The summed E-state index contributed by atoms with van der Waals surface area (Å²) in [4.78, 5) is 23.6. The molecule has 0 unspecified atom stereocenters. The Hall–Kier alpha value is -1.10. The first-order chi connectivity index (χ1) is 6.55. The quantitative estimate of drug-likeness (QED) is 0.638. The maximum absolute atomic E-state index is 11.5. The van der Waals surface area contributed by atoms with Gasteiger partial charge in [0.05, 0.1) is 0 Å². The van der Waals surface area contributed by atoms with E-state index < -0.39 is 11.7 Å². The Kier molecular flexibility index (Phi) is 3.46. The molecule has 0 saturated carbocycles. The molecular formula is C9H16N2O3. The lowest BCUT2D eigenvalue weighted by atomic mass is 10.2. The van der Waals surface area contributed by atoms with Gasteiger partial charge in [0, 0.05) is 26.2 Å². The summed E-state index contributed by atoms with van der Waals surface area (Å²) in [5.74, 6) is 0. The van der Waals surface area contributed by atoms with Crippen molar-refractivity contribution in [1.82, 2.24) is 10.2 Å². The topological polar surface area (TPSA) is 58.6 Å². The molecule has 5 nitrogen and oxygen atoms in total. The summed E-state index contributed by atoms with van der Waals surface area (Å²) in [6, 6.07) is 0. The summed E-state index contributed by atoms with van der Waals surface area (Å²) in [5, 5.41) is 3.13. The Morgan fingerprint density at radius 1 is 1.43 bits per heavy atom. The van der Waals surface area contributed by atoms with Crippen LogP contribution in [0.2, 0.25) is 0 Å². The molecule has 1 rings (SSSR count). The van der Waals surface area contributed by atoms with Crippen LogP contribution in [0.4, 0.5) is 4.79 Å². The third-order valence-corrected chi connectivity index (χ3v) is 2.01. The van der Waals surface area contributed by atoms with Crippen LogP contribution in [0.3, 0.4) is 0 Å². The van der Waals surface area contributed by atoms with Gasteiger partial charge in [-0.05, 0) is 13.8 Å². The number of piperazine rings is 1. The molecule has 0 aromatic carbocycles. The van der Waals surface area contributed by atoms with Crippen molar-refractivity contribution >= 4 is 12.4 Å². The number of nitrogens with one attached hydrogen (secondary N) is 1. The Morgan fingerprint density at radius 2 is 2.00 bits per heavy atom. The largest absolute Gasteiger partial charge is 0.436 e. The van der Waals surface area contributed by atoms with E-state index in [1.807, 2.05) is 0 Å². The molecule has 1 amide bonds. The number of nitrogens with zero attached hydrogens (tertiary/aromatic N) is 1. The highest BCUT2D eigenvalue weighted by atomic mass is 16.6. The van der Waals surface area contributed by atoms with Gasteiger partial charge in [0.25, 0.3) is 0 Å². The lowest BCUT2D eigenvalue weighted by Crippen LogP contribution is -2.48. The van der Waals surface area contributed by atoms with Gasteiger partial charge >= 0.3 is 6.09 Å². The molecule has 1 N–H and O–H groups in total. The minimum absolute atomic E-state index is 0.413. The Balaban J connectivity index is 2.44. The van der Waals surface area contributed by atoms with Gasteiger partial charge in [0.2, 0.25) is 0 Å². The third kappa shape index (κ3) is 2.99. The first-order valence-electron chi connectivity index (χ1n) is 4.70. The number of hydrogen-bond donors (Lipinski definition) is 1. The Labute approximate surface area is 83.4 Å². The van der Waals surface area contributed by atoms with Crippen LogP contribution >= 0.6 is 0 Å². The Bertz CT molecular complexity index is 222. The average molecular weight is 200 g/mol. The monoisotopic (exact) mass is 200 g/mol. The number of rotatable bonds is 2. The molecule has 0 aromatic rings. The number of ether oxygens (including phenoxy) is 1. The predicted molar refractivity (Wildman–Crippen MR) is 51.1 cm³/mol. The lowest BCUT2D eigenvalue weighted by Gasteiger charge is -2.29. The van der Waals surface area contributed by atoms with Gasteiger partial charge in [-0.15, -0.1) is 0 Å². The second-order valence-electron chi connectivity index (χ2n) is 3.83. The van der Waals surface area contributed by atoms with Gasteiger partial charge in [0.1, 0.15) is 0 Å². The summed E-state index contributed by atoms with van der Waals surface area (Å²) < 4.78 is 5.02. The van der Waals surface area contributed by atoms with Gasteiger partial charge in [-0.2, -0.15) is 0 Å². The molecule has 1 saturated heterocycles. The van der Waals surface area contributed by atoms with Crippen molar-refractivity contribution in [3.63, 3.8) is 0 Å². The van der Waals surface area contributed by atoms with Crippen molar-refractivity contribution in [3.05, 3.63) is 0 Å². The number of hydrogen-bond acceptors (Lipinski definition) is 4. The molecule has 1 fully saturated rings. The van der Waals surface area contributed by atoms with E-state index >= 15 is 0 Å². The summed E-state index contributed by atoms with van der Waals surface area (Å²) in [6.45, 7) is 5.95. The van der Waals surface area contributed by atoms with Crippen molar-refractivity contribution in [2.45, 2.75) is 19.4 Å². The zero-order valence-corrected chi connectivity index (χ0v) is 8.58. The van der Waals surface area contributed by atoms with E-state index in [4.69, 9.17) is 4.74 Å². The van der Waals surface area contributed by atoms with Crippen LogP contribution in [0, 0.1) is 0 Å². The van der Waals surface area contributed by atoms with E-state index in [-0.39, 0.29) is 0 Å². The van der Waals surface area contributed by atoms with Crippen LogP contribution in [-0.2, 0) is 9.53 Å². The molecule has 1 aliphatic rings. The Morgan fingerprint density at radius 3 is 2.50 bits per heavy atom. The minimum atomic E-state index is -1.03. The number of aldehydes is 1. The fourth-order valence-electron chi connectivity index (χ4n) is 1.16. The summed E-state index contributed by atoms with van der Waals surface area (Å²) >= 11 is 0. The third-order valence-electron chi connectivity index (χ3n) is 2.01. The van der Waals surface area contributed by atoms with Crippen molar-refractivity contribution in [1.29, 1.82) is 0 Å². The molecule has 0 bridgehead atoms. The standard InChI is InChI=1S/C9H16N2O3/c1-9(2,7-12)14-8(13)11-5-3-10-4-6-11/h7,10H,3-6H2,1-2H3. The SMILES string of the molecule is CC(C)(C=O)OC(=O)N1CCNCC1. The zero-order chi connectivity index (χ0) is 10.6. The number of carbonyl (C=O) groups is 2. The fourth-order valence-corrected chi connectivity index (χ4v) is 1.16. The lowest BCUT2D eigenvalue weighted by molar-refractivity contribution is -0.122. The van der Waals surface area contributed by atoms with Crippen molar-refractivity contribution in [3.8, 4) is 0 Å². The van der Waals surface area contributed by atoms with E-state index in [2.05, 4.69) is 5.32 Å². The van der Waals surface area contributed by atoms with Gasteiger partial charge in [-0.25, -0.2) is 4.79 Å². The number of carbonyl (C=O) groups excluding carboxylic acids is 2. The maximum Gasteiger partial charge on any atom is 0.410 e. The van der Waals surface area contributed by atoms with Crippen molar-refractivity contribution in [2.24, 2.45) is 0 Å².